The van der Waals surface area contributed by atoms with Crippen LogP contribution in [0, 0.1) is 23.7 Å². The number of hydrogen-bond donors (Lipinski definition) is 1. The summed E-state index contributed by atoms with van der Waals surface area (Å²) in [5.74, 6) is 0.121. The van der Waals surface area contributed by atoms with Crippen molar-refractivity contribution in [3.05, 3.63) is 70.3 Å². The summed E-state index contributed by atoms with van der Waals surface area (Å²) in [6.07, 6.45) is 10.4. The number of benzene rings is 2. The Hall–Kier alpha value is -2.84. The van der Waals surface area contributed by atoms with Crippen molar-refractivity contribution in [3.8, 4) is 5.75 Å². The van der Waals surface area contributed by atoms with Crippen LogP contribution >= 0.6 is 11.6 Å². The number of aryl methyl sites for hydroxylation is 1. The van der Waals surface area contributed by atoms with Crippen LogP contribution in [0.5, 0.6) is 5.75 Å². The van der Waals surface area contributed by atoms with E-state index >= 15 is 0 Å². The van der Waals surface area contributed by atoms with Crippen LogP contribution in [0.1, 0.15) is 67.4 Å². The molecular formula is C33H39ClN2O5S. The monoisotopic (exact) mass is 610 g/mol. The molecule has 0 radical (unpaired) electrons. The summed E-state index contributed by atoms with van der Waals surface area (Å²) < 4.78 is 35.2. The maximum absolute atomic E-state index is 13.3. The predicted molar refractivity (Wildman–Crippen MR) is 165 cm³/mol. The molecule has 2 heterocycles. The van der Waals surface area contributed by atoms with Gasteiger partial charge in [-0.15, -0.1) is 0 Å². The first kappa shape index (κ1) is 29.2. The van der Waals surface area contributed by atoms with Crippen molar-refractivity contribution < 1.29 is 22.7 Å². The third-order valence-electron chi connectivity index (χ3n) is 10.3. The highest BCUT2D eigenvalue weighted by atomic mass is 35.5. The lowest BCUT2D eigenvalue weighted by Gasteiger charge is -2.45. The van der Waals surface area contributed by atoms with Gasteiger partial charge < -0.3 is 14.4 Å². The van der Waals surface area contributed by atoms with E-state index < -0.39 is 21.2 Å². The van der Waals surface area contributed by atoms with Gasteiger partial charge in [0.25, 0.3) is 5.91 Å². The van der Waals surface area contributed by atoms with Crippen molar-refractivity contribution in [2.45, 2.75) is 63.0 Å². The maximum Gasteiger partial charge on any atom is 0.264 e. The Kier molecular flexibility index (Phi) is 7.90. The van der Waals surface area contributed by atoms with Gasteiger partial charge in [-0.05, 0) is 105 Å². The van der Waals surface area contributed by atoms with Crippen molar-refractivity contribution in [1.29, 1.82) is 0 Å². The van der Waals surface area contributed by atoms with Gasteiger partial charge in [0.1, 0.15) is 12.0 Å². The van der Waals surface area contributed by atoms with Crippen LogP contribution < -0.4 is 14.4 Å². The topological polar surface area (TPSA) is 92.8 Å². The molecule has 0 saturated heterocycles. The highest BCUT2D eigenvalue weighted by Crippen LogP contribution is 2.47. The quantitative estimate of drug-likeness (QED) is 0.329. The van der Waals surface area contributed by atoms with E-state index in [0.29, 0.717) is 31.2 Å². The summed E-state index contributed by atoms with van der Waals surface area (Å²) in [7, 11) is -3.92. The van der Waals surface area contributed by atoms with Gasteiger partial charge in [0.2, 0.25) is 10.0 Å². The Labute approximate surface area is 253 Å². The number of allylic oxidation sites excluding steroid dienone is 2. The van der Waals surface area contributed by atoms with Gasteiger partial charge in [-0.1, -0.05) is 36.7 Å². The van der Waals surface area contributed by atoms with Crippen molar-refractivity contribution in [2.24, 2.45) is 23.7 Å². The first-order valence-corrected chi connectivity index (χ1v) is 17.0. The molecule has 2 aromatic carbocycles. The summed E-state index contributed by atoms with van der Waals surface area (Å²) >= 11 is 6.39. The largest absolute Gasteiger partial charge is 0.490 e. The minimum atomic E-state index is -3.92. The van der Waals surface area contributed by atoms with Crippen LogP contribution in [0.2, 0.25) is 5.02 Å². The molecule has 6 rings (SSSR count). The Morgan fingerprint density at radius 1 is 1.14 bits per heavy atom. The van der Waals surface area contributed by atoms with Gasteiger partial charge in [-0.3, -0.25) is 4.79 Å². The van der Waals surface area contributed by atoms with E-state index in [1.165, 1.54) is 11.1 Å². The fourth-order valence-electron chi connectivity index (χ4n) is 7.38. The lowest BCUT2D eigenvalue weighted by Crippen LogP contribution is -2.49. The zero-order chi connectivity index (χ0) is 29.6. The molecular weight excluding hydrogens is 572 g/mol. The molecule has 2 aliphatic heterocycles. The highest BCUT2D eigenvalue weighted by Gasteiger charge is 2.44. The van der Waals surface area contributed by atoms with Crippen molar-refractivity contribution in [3.63, 3.8) is 0 Å². The van der Waals surface area contributed by atoms with Gasteiger partial charge in [-0.2, -0.15) is 0 Å². The second-order valence-corrected chi connectivity index (χ2v) is 15.3. The number of aldehydes is 1. The maximum atomic E-state index is 13.3. The van der Waals surface area contributed by atoms with Crippen LogP contribution in [0.3, 0.4) is 0 Å². The minimum absolute atomic E-state index is 0.212. The van der Waals surface area contributed by atoms with Crippen LogP contribution in [-0.2, 0) is 26.7 Å². The number of nitrogens with one attached hydrogen (secondary N) is 1. The average molecular weight is 611 g/mol. The molecule has 1 N–H and O–H groups in total. The number of hydrogen-bond acceptors (Lipinski definition) is 6. The van der Waals surface area contributed by atoms with Crippen LogP contribution in [0.15, 0.2) is 48.6 Å². The molecule has 2 bridgehead atoms. The molecule has 2 aromatic rings. The van der Waals surface area contributed by atoms with Crippen LogP contribution in [-0.4, -0.2) is 45.6 Å². The standard InChI is InChI=1S/C33H39ClN2O5S/c1-21-5-3-6-26(18-37)28-11-8-25(28)17-36-19-33(14-4-7-23-15-27(34)10-12-29(23)33)20-41-31-13-9-24(16-30(31)36)32(38)35-42(39,40)22(21)2/h3,6,9-10,12-13,15-16,18,21-22,25-26,28H,4-5,7-8,11,14,17,19-20H2,1-2H3,(H,35,38)/b6-3+/t21-,22+,25-,26-,28+,33-/m0/s1. The van der Waals surface area contributed by atoms with Gasteiger partial charge in [0.15, 0.2) is 0 Å². The van der Waals surface area contributed by atoms with E-state index in [2.05, 4.69) is 21.8 Å². The molecule has 2 aliphatic carbocycles. The highest BCUT2D eigenvalue weighted by molar-refractivity contribution is 7.90. The van der Waals surface area contributed by atoms with Gasteiger partial charge in [0, 0.05) is 35.0 Å². The Morgan fingerprint density at radius 2 is 1.98 bits per heavy atom. The lowest BCUT2D eigenvalue weighted by molar-refractivity contribution is -0.112. The first-order valence-electron chi connectivity index (χ1n) is 15.1. The molecule has 1 amide bonds. The van der Waals surface area contributed by atoms with E-state index in [9.17, 15) is 18.0 Å². The minimum Gasteiger partial charge on any atom is -0.490 e. The zero-order valence-electron chi connectivity index (χ0n) is 24.2. The molecule has 1 spiro atoms. The number of anilines is 1. The van der Waals surface area contributed by atoms with Crippen molar-refractivity contribution >= 4 is 39.5 Å². The van der Waals surface area contributed by atoms with Gasteiger partial charge >= 0.3 is 0 Å². The lowest BCUT2D eigenvalue weighted by atomic mass is 9.66. The fraction of sp³-hybridized carbons (Fsp3) is 0.515. The summed E-state index contributed by atoms with van der Waals surface area (Å²) in [4.78, 5) is 27.9. The number of fused-ring (bicyclic) bond motifs is 4. The number of amides is 1. The van der Waals surface area contributed by atoms with Crippen LogP contribution in [0.25, 0.3) is 0 Å². The number of sulfonamides is 1. The molecule has 7 nitrogen and oxygen atoms in total. The molecule has 0 aromatic heterocycles. The Balaban J connectivity index is 1.43. The second kappa shape index (κ2) is 11.3. The van der Waals surface area contributed by atoms with Gasteiger partial charge in [0.05, 0.1) is 17.5 Å². The summed E-state index contributed by atoms with van der Waals surface area (Å²) in [5.41, 5.74) is 3.30. The molecule has 0 unspecified atom stereocenters. The van der Waals surface area contributed by atoms with E-state index in [-0.39, 0.29) is 28.7 Å². The zero-order valence-corrected chi connectivity index (χ0v) is 25.8. The molecule has 1 fully saturated rings. The SMILES string of the molecule is C[C@@H]1[C@@H](C)C/C=C/[C@@H](C=O)[C@@H]2CC[C@H]2CN2C[C@@]3(CCCc4cc(Cl)ccc43)COc3ccc(cc32)C(=O)NS1(=O)=O. The smallest absolute Gasteiger partial charge is 0.264 e. The second-order valence-electron chi connectivity index (χ2n) is 12.8. The molecule has 9 heteroatoms. The first-order chi connectivity index (χ1) is 20.1. The van der Waals surface area contributed by atoms with Crippen molar-refractivity contribution in [1.82, 2.24) is 4.72 Å². The summed E-state index contributed by atoms with van der Waals surface area (Å²) in [5, 5.41) is -0.0567. The van der Waals surface area contributed by atoms with Crippen LogP contribution in [0.4, 0.5) is 5.69 Å². The number of halogens is 1. The number of nitrogens with zero attached hydrogens (tertiary/aromatic N) is 1. The predicted octanol–water partition coefficient (Wildman–Crippen LogP) is 5.70. The van der Waals surface area contributed by atoms with Gasteiger partial charge in [-0.25, -0.2) is 13.1 Å². The number of ether oxygens (including phenoxy) is 1. The Bertz CT molecular complexity index is 1520. The normalized spacial score (nSPS) is 33.2. The average Bonchev–Trinajstić information content (AvgIpc) is 3.10. The number of rotatable bonds is 1. The number of carbonyl (C=O) groups excluding carboxylic acids is 2. The molecule has 4 aliphatic rings. The molecule has 1 saturated carbocycles. The molecule has 42 heavy (non-hydrogen) atoms. The van der Waals surface area contributed by atoms with E-state index in [0.717, 1.165) is 55.6 Å². The fourth-order valence-corrected chi connectivity index (χ4v) is 8.86. The van der Waals surface area contributed by atoms with E-state index in [1.54, 1.807) is 25.1 Å². The molecule has 6 atom stereocenters. The number of carbonyl (C=O) groups is 2. The third-order valence-corrected chi connectivity index (χ3v) is 12.4. The van der Waals surface area contributed by atoms with E-state index in [1.807, 2.05) is 25.1 Å². The Morgan fingerprint density at radius 3 is 2.74 bits per heavy atom. The third kappa shape index (κ3) is 5.37. The molecule has 224 valence electrons. The summed E-state index contributed by atoms with van der Waals surface area (Å²) in [6.45, 7) is 5.39. The van der Waals surface area contributed by atoms with E-state index in [4.69, 9.17) is 16.3 Å². The summed E-state index contributed by atoms with van der Waals surface area (Å²) in [6, 6.07) is 11.4. The van der Waals surface area contributed by atoms with Crippen molar-refractivity contribution in [2.75, 3.05) is 24.6 Å².